The predicted octanol–water partition coefficient (Wildman–Crippen LogP) is 5.07. The molecule has 28 heavy (non-hydrogen) atoms. The summed E-state index contributed by atoms with van der Waals surface area (Å²) in [5, 5.41) is 27.3. The third-order valence-corrected chi connectivity index (χ3v) is 5.62. The Balaban J connectivity index is 1.97. The lowest BCUT2D eigenvalue weighted by Crippen LogP contribution is -2.25. The van der Waals surface area contributed by atoms with Crippen molar-refractivity contribution >= 4 is 55.0 Å². The fourth-order valence-electron chi connectivity index (χ4n) is 4.40. The highest BCUT2D eigenvalue weighted by molar-refractivity contribution is 6.33. The van der Waals surface area contributed by atoms with Gasteiger partial charge < -0.3 is 10.2 Å². The van der Waals surface area contributed by atoms with Crippen molar-refractivity contribution in [2.75, 3.05) is 0 Å². The van der Waals surface area contributed by atoms with Crippen molar-refractivity contribution in [1.82, 2.24) is 0 Å². The van der Waals surface area contributed by atoms with Crippen LogP contribution in [0, 0.1) is 5.92 Å². The van der Waals surface area contributed by atoms with Crippen LogP contribution in [0.1, 0.15) is 5.56 Å². The summed E-state index contributed by atoms with van der Waals surface area (Å²) in [4.78, 5) is 23.0. The number of carboxylic acids is 2. The molecule has 0 aromatic heterocycles. The maximum absolute atomic E-state index is 11.5. The Morgan fingerprint density at radius 3 is 1.79 bits per heavy atom. The Labute approximate surface area is 160 Å². The van der Waals surface area contributed by atoms with E-state index in [4.69, 9.17) is 0 Å². The van der Waals surface area contributed by atoms with Gasteiger partial charge in [0, 0.05) is 0 Å². The largest absolute Gasteiger partial charge is 0.481 e. The molecule has 136 valence electrons. The summed E-state index contributed by atoms with van der Waals surface area (Å²) in [7, 11) is 0. The quantitative estimate of drug-likeness (QED) is 0.264. The van der Waals surface area contributed by atoms with E-state index in [2.05, 4.69) is 24.3 Å². The van der Waals surface area contributed by atoms with E-state index in [1.807, 2.05) is 42.5 Å². The normalized spacial score (nSPS) is 11.9. The highest BCUT2D eigenvalue weighted by atomic mass is 16.4. The Morgan fingerprint density at radius 2 is 1.18 bits per heavy atom. The van der Waals surface area contributed by atoms with Crippen molar-refractivity contribution < 1.29 is 19.8 Å². The molecule has 5 aromatic rings. The first-order valence-electron chi connectivity index (χ1n) is 9.09. The number of carbonyl (C=O) groups is 2. The minimum absolute atomic E-state index is 0.0527. The van der Waals surface area contributed by atoms with Crippen LogP contribution in [0.5, 0.6) is 0 Å². The van der Waals surface area contributed by atoms with Gasteiger partial charge in [0.2, 0.25) is 0 Å². The molecule has 0 bridgehead atoms. The van der Waals surface area contributed by atoms with Gasteiger partial charge in [-0.2, -0.15) is 0 Å². The van der Waals surface area contributed by atoms with Gasteiger partial charge in [0.05, 0.1) is 0 Å². The molecule has 0 aliphatic rings. The fraction of sp³-hybridized carbons (Fsp3) is 0.0833. The molecule has 0 unspecified atom stereocenters. The number of rotatable bonds is 4. The fourth-order valence-corrected chi connectivity index (χ4v) is 4.40. The molecule has 0 spiro atoms. The van der Waals surface area contributed by atoms with Crippen molar-refractivity contribution in [3.63, 3.8) is 0 Å². The third kappa shape index (κ3) is 2.24. The third-order valence-electron chi connectivity index (χ3n) is 5.62. The maximum atomic E-state index is 11.5. The van der Waals surface area contributed by atoms with Crippen LogP contribution in [0.2, 0.25) is 0 Å². The highest BCUT2D eigenvalue weighted by Crippen LogP contribution is 2.41. The second-order valence-corrected chi connectivity index (χ2v) is 7.15. The van der Waals surface area contributed by atoms with E-state index in [0.29, 0.717) is 0 Å². The molecular weight excluding hydrogens is 352 g/mol. The second kappa shape index (κ2) is 5.92. The highest BCUT2D eigenvalue weighted by Gasteiger charge is 2.27. The maximum Gasteiger partial charge on any atom is 0.318 e. The Hall–Kier alpha value is -3.66. The minimum atomic E-state index is -1.47. The summed E-state index contributed by atoms with van der Waals surface area (Å²) in [5.41, 5.74) is 0.747. The van der Waals surface area contributed by atoms with Gasteiger partial charge in [0.1, 0.15) is 0 Å². The average Bonchev–Trinajstić information content (AvgIpc) is 2.69. The van der Waals surface area contributed by atoms with Crippen LogP contribution in [0.4, 0.5) is 0 Å². The van der Waals surface area contributed by atoms with Crippen molar-refractivity contribution in [3.05, 3.63) is 72.3 Å². The van der Waals surface area contributed by atoms with E-state index >= 15 is 0 Å². The predicted molar refractivity (Wildman–Crippen MR) is 110 cm³/mol. The number of hydrogen-bond donors (Lipinski definition) is 2. The van der Waals surface area contributed by atoms with Gasteiger partial charge in [-0.25, -0.2) is 0 Å². The number of fused-ring (bicyclic) bond motifs is 2. The van der Waals surface area contributed by atoms with Crippen LogP contribution < -0.4 is 0 Å². The first-order valence-corrected chi connectivity index (χ1v) is 9.09. The Morgan fingerprint density at radius 1 is 0.643 bits per heavy atom. The zero-order chi connectivity index (χ0) is 19.4. The van der Waals surface area contributed by atoms with E-state index in [1.165, 1.54) is 0 Å². The molecule has 4 nitrogen and oxygen atoms in total. The van der Waals surface area contributed by atoms with E-state index in [1.54, 1.807) is 0 Å². The topological polar surface area (TPSA) is 74.6 Å². The Bertz CT molecular complexity index is 1380. The first kappa shape index (κ1) is 16.5. The van der Waals surface area contributed by atoms with Crippen LogP contribution in [-0.2, 0) is 16.0 Å². The van der Waals surface area contributed by atoms with Crippen LogP contribution in [0.25, 0.3) is 43.1 Å². The SMILES string of the molecule is O=C(O)C(Cc1ccc2cccc3c4cccc5cccc(c1c23)c54)C(=O)O. The molecule has 5 rings (SSSR count). The standard InChI is InChI=1S/C24H16O4/c25-23(26)19(24(27)28)12-15-11-10-14-6-2-8-17-16-7-1-4-13-5-3-9-18(20(13)16)22(15)21(14)17/h1-11,19H,12H2,(H,25,26)(H,27,28). The van der Waals surface area contributed by atoms with Crippen molar-refractivity contribution in [2.45, 2.75) is 6.42 Å². The number of benzene rings is 5. The summed E-state index contributed by atoms with van der Waals surface area (Å²) in [5.74, 6) is -4.11. The molecule has 0 aliphatic carbocycles. The molecule has 4 heteroatoms. The summed E-state index contributed by atoms with van der Waals surface area (Å²) >= 11 is 0. The van der Waals surface area contributed by atoms with Gasteiger partial charge in [0.25, 0.3) is 0 Å². The van der Waals surface area contributed by atoms with E-state index in [9.17, 15) is 19.8 Å². The first-order chi connectivity index (χ1) is 13.6. The van der Waals surface area contributed by atoms with E-state index in [0.717, 1.165) is 48.7 Å². The molecule has 0 saturated heterocycles. The molecule has 0 aliphatic heterocycles. The van der Waals surface area contributed by atoms with Gasteiger partial charge in [0.15, 0.2) is 5.92 Å². The summed E-state index contributed by atoms with van der Waals surface area (Å²) in [6, 6.07) is 22.2. The number of hydrogen-bond acceptors (Lipinski definition) is 2. The summed E-state index contributed by atoms with van der Waals surface area (Å²) < 4.78 is 0. The molecule has 0 atom stereocenters. The van der Waals surface area contributed by atoms with Crippen molar-refractivity contribution in [1.29, 1.82) is 0 Å². The molecule has 2 N–H and O–H groups in total. The molecule has 0 saturated carbocycles. The molecule has 5 aromatic carbocycles. The monoisotopic (exact) mass is 368 g/mol. The second-order valence-electron chi connectivity index (χ2n) is 7.15. The molecule has 0 amide bonds. The number of aliphatic carboxylic acids is 2. The molecule has 0 fully saturated rings. The van der Waals surface area contributed by atoms with E-state index < -0.39 is 17.9 Å². The van der Waals surface area contributed by atoms with Gasteiger partial charge in [-0.15, -0.1) is 0 Å². The van der Waals surface area contributed by atoms with Crippen LogP contribution >= 0.6 is 0 Å². The lowest BCUT2D eigenvalue weighted by molar-refractivity contribution is -0.154. The average molecular weight is 368 g/mol. The molecule has 0 heterocycles. The summed E-state index contributed by atoms with van der Waals surface area (Å²) in [6.07, 6.45) is -0.0527. The smallest absolute Gasteiger partial charge is 0.318 e. The van der Waals surface area contributed by atoms with Crippen molar-refractivity contribution in [3.8, 4) is 0 Å². The summed E-state index contributed by atoms with van der Waals surface area (Å²) in [6.45, 7) is 0. The zero-order valence-electron chi connectivity index (χ0n) is 14.8. The van der Waals surface area contributed by atoms with Crippen molar-refractivity contribution in [2.24, 2.45) is 5.92 Å². The van der Waals surface area contributed by atoms with Gasteiger partial charge >= 0.3 is 11.9 Å². The van der Waals surface area contributed by atoms with Gasteiger partial charge in [-0.3, -0.25) is 9.59 Å². The minimum Gasteiger partial charge on any atom is -0.481 e. The Kier molecular flexibility index (Phi) is 3.49. The van der Waals surface area contributed by atoms with Gasteiger partial charge in [-0.05, 0) is 55.1 Å². The lowest BCUT2D eigenvalue weighted by Gasteiger charge is -2.18. The van der Waals surface area contributed by atoms with E-state index in [-0.39, 0.29) is 6.42 Å². The zero-order valence-corrected chi connectivity index (χ0v) is 14.8. The number of carboxylic acid groups (broad SMARTS) is 2. The van der Waals surface area contributed by atoms with Crippen LogP contribution in [-0.4, -0.2) is 22.2 Å². The van der Waals surface area contributed by atoms with Crippen LogP contribution in [0.15, 0.2) is 66.7 Å². The molecule has 0 radical (unpaired) electrons. The van der Waals surface area contributed by atoms with Crippen LogP contribution in [0.3, 0.4) is 0 Å². The van der Waals surface area contributed by atoms with Gasteiger partial charge in [-0.1, -0.05) is 66.7 Å². The lowest BCUT2D eigenvalue weighted by atomic mass is 9.85. The molecular formula is C24H16O4.